The number of ketones is 1. The maximum absolute atomic E-state index is 10.4. The van der Waals surface area contributed by atoms with Gasteiger partial charge in [0.2, 0.25) is 11.6 Å². The van der Waals surface area contributed by atoms with Crippen LogP contribution in [0.25, 0.3) is 0 Å². The summed E-state index contributed by atoms with van der Waals surface area (Å²) in [7, 11) is 0. The molecular weight excluding hydrogens is 168 g/mol. The summed E-state index contributed by atoms with van der Waals surface area (Å²) in [5.74, 6) is -6.74. The number of carbonyl (C=O) groups excluding carboxylic acids is 1. The molecule has 0 radical (unpaired) electrons. The largest absolute Gasteiger partial charge is 0.391 e. The van der Waals surface area contributed by atoms with E-state index in [0.717, 1.165) is 6.92 Å². The summed E-state index contributed by atoms with van der Waals surface area (Å²) < 4.78 is 0. The average molecular weight is 180 g/mol. The monoisotopic (exact) mass is 180 g/mol. The molecule has 0 saturated carbocycles. The van der Waals surface area contributed by atoms with Gasteiger partial charge in [0.15, 0.2) is 0 Å². The minimum absolute atomic E-state index is 0.638. The molecule has 12 heavy (non-hydrogen) atoms. The first-order chi connectivity index (χ1) is 5.23. The van der Waals surface area contributed by atoms with Crippen molar-refractivity contribution in [2.75, 3.05) is 6.61 Å². The molecule has 0 unspecified atom stereocenters. The fraction of sp³-hybridized carbons (Fsp3) is 0.833. The van der Waals surface area contributed by atoms with Gasteiger partial charge in [-0.05, 0) is 6.92 Å². The lowest BCUT2D eigenvalue weighted by molar-refractivity contribution is -0.364. The van der Waals surface area contributed by atoms with Gasteiger partial charge < -0.3 is 25.5 Å². The Morgan fingerprint density at radius 1 is 1.17 bits per heavy atom. The second-order valence-corrected chi connectivity index (χ2v) is 2.67. The minimum atomic E-state index is -3.08. The number of Topliss-reactive ketones (excluding diaryl/α,β-unsaturated/α-hetero) is 1. The predicted octanol–water partition coefficient (Wildman–Crippen LogP) is -2.68. The topological polar surface area (TPSA) is 118 Å². The molecule has 0 rings (SSSR count). The Labute approximate surface area is 68.7 Å². The fourth-order valence-corrected chi connectivity index (χ4v) is 0.615. The van der Waals surface area contributed by atoms with Gasteiger partial charge in [-0.25, -0.2) is 0 Å². The van der Waals surface area contributed by atoms with E-state index in [9.17, 15) is 4.79 Å². The lowest BCUT2D eigenvalue weighted by Gasteiger charge is -2.32. The Bertz CT molecular complexity index is 173. The maximum Gasteiger partial charge on any atom is 0.242 e. The maximum atomic E-state index is 10.4. The Morgan fingerprint density at radius 2 is 1.58 bits per heavy atom. The van der Waals surface area contributed by atoms with Gasteiger partial charge >= 0.3 is 0 Å². The Balaban J connectivity index is 4.48. The zero-order chi connectivity index (χ0) is 9.99. The van der Waals surface area contributed by atoms with Crippen molar-refractivity contribution in [2.24, 2.45) is 0 Å². The molecular formula is C6H12O6. The standard InChI is InChI=1S/C6H12O6/c1-4(8)2-5(9,10)6(11,12)3-7/h7,9-12H,2-3H2,1H3. The van der Waals surface area contributed by atoms with Crippen LogP contribution in [0.1, 0.15) is 13.3 Å². The Hall–Kier alpha value is -0.530. The highest BCUT2D eigenvalue weighted by Gasteiger charge is 2.47. The molecule has 0 atom stereocenters. The SMILES string of the molecule is CC(=O)CC(O)(O)C(O)(O)CO. The second-order valence-electron chi connectivity index (χ2n) is 2.67. The van der Waals surface area contributed by atoms with Gasteiger partial charge in [0.05, 0.1) is 6.42 Å². The van der Waals surface area contributed by atoms with E-state index in [1.807, 2.05) is 0 Å². The molecule has 72 valence electrons. The first kappa shape index (κ1) is 11.5. The number of carbonyl (C=O) groups is 1. The van der Waals surface area contributed by atoms with Crippen molar-refractivity contribution < 1.29 is 30.3 Å². The van der Waals surface area contributed by atoms with Gasteiger partial charge in [-0.1, -0.05) is 0 Å². The van der Waals surface area contributed by atoms with Gasteiger partial charge in [0, 0.05) is 0 Å². The molecule has 0 saturated heterocycles. The molecule has 0 aromatic carbocycles. The third kappa shape index (κ3) is 2.50. The first-order valence-corrected chi connectivity index (χ1v) is 3.23. The minimum Gasteiger partial charge on any atom is -0.391 e. The van der Waals surface area contributed by atoms with Crippen LogP contribution in [-0.2, 0) is 4.79 Å². The summed E-state index contributed by atoms with van der Waals surface area (Å²) >= 11 is 0. The third-order valence-electron chi connectivity index (χ3n) is 1.36. The molecule has 0 heterocycles. The van der Waals surface area contributed by atoms with E-state index in [2.05, 4.69) is 0 Å². The van der Waals surface area contributed by atoms with Crippen LogP contribution < -0.4 is 0 Å². The van der Waals surface area contributed by atoms with Crippen molar-refractivity contribution in [3.05, 3.63) is 0 Å². The quantitative estimate of drug-likeness (QED) is 0.301. The van der Waals surface area contributed by atoms with E-state index in [4.69, 9.17) is 25.5 Å². The second kappa shape index (κ2) is 3.46. The summed E-state index contributed by atoms with van der Waals surface area (Å²) in [5, 5.41) is 43.6. The van der Waals surface area contributed by atoms with Crippen LogP contribution in [-0.4, -0.2) is 49.5 Å². The molecule has 0 fully saturated rings. The van der Waals surface area contributed by atoms with Crippen LogP contribution in [0, 0.1) is 0 Å². The van der Waals surface area contributed by atoms with E-state index < -0.39 is 30.4 Å². The van der Waals surface area contributed by atoms with Crippen molar-refractivity contribution in [1.82, 2.24) is 0 Å². The molecule has 6 heteroatoms. The van der Waals surface area contributed by atoms with Crippen LogP contribution in [0.3, 0.4) is 0 Å². The van der Waals surface area contributed by atoms with Crippen molar-refractivity contribution >= 4 is 5.78 Å². The van der Waals surface area contributed by atoms with E-state index >= 15 is 0 Å². The highest BCUT2D eigenvalue weighted by atomic mass is 16.6. The third-order valence-corrected chi connectivity index (χ3v) is 1.36. The van der Waals surface area contributed by atoms with Gasteiger partial charge in [0.25, 0.3) is 0 Å². The molecule has 0 aromatic rings. The van der Waals surface area contributed by atoms with Crippen LogP contribution in [0.2, 0.25) is 0 Å². The average Bonchev–Trinajstić information content (AvgIpc) is 1.84. The summed E-state index contributed by atoms with van der Waals surface area (Å²) in [4.78, 5) is 10.4. The van der Waals surface area contributed by atoms with Crippen LogP contribution in [0.5, 0.6) is 0 Å². The van der Waals surface area contributed by atoms with Crippen LogP contribution in [0.15, 0.2) is 0 Å². The Morgan fingerprint density at radius 3 is 1.83 bits per heavy atom. The lowest BCUT2D eigenvalue weighted by Crippen LogP contribution is -2.57. The predicted molar refractivity (Wildman–Crippen MR) is 36.7 cm³/mol. The zero-order valence-corrected chi connectivity index (χ0v) is 6.56. The van der Waals surface area contributed by atoms with Gasteiger partial charge in [0.1, 0.15) is 12.4 Å². The number of aliphatic hydroxyl groups is 5. The number of hydrogen-bond acceptors (Lipinski definition) is 6. The summed E-state index contributed by atoms with van der Waals surface area (Å²) in [6.45, 7) is -0.220. The van der Waals surface area contributed by atoms with Crippen molar-refractivity contribution in [3.63, 3.8) is 0 Å². The molecule has 0 bridgehead atoms. The number of rotatable bonds is 4. The fourth-order valence-electron chi connectivity index (χ4n) is 0.615. The highest BCUT2D eigenvalue weighted by molar-refractivity contribution is 5.76. The molecule has 0 aliphatic rings. The lowest BCUT2D eigenvalue weighted by atomic mass is 10.0. The van der Waals surface area contributed by atoms with E-state index in [1.54, 1.807) is 0 Å². The van der Waals surface area contributed by atoms with Crippen molar-refractivity contribution in [2.45, 2.75) is 24.9 Å². The molecule has 0 aromatic heterocycles. The van der Waals surface area contributed by atoms with E-state index in [1.165, 1.54) is 0 Å². The molecule has 0 spiro atoms. The molecule has 6 nitrogen and oxygen atoms in total. The molecule has 0 aliphatic heterocycles. The Kier molecular flexibility index (Phi) is 3.31. The van der Waals surface area contributed by atoms with Crippen molar-refractivity contribution in [3.8, 4) is 0 Å². The van der Waals surface area contributed by atoms with E-state index in [-0.39, 0.29) is 0 Å². The van der Waals surface area contributed by atoms with Crippen LogP contribution >= 0.6 is 0 Å². The zero-order valence-electron chi connectivity index (χ0n) is 6.56. The van der Waals surface area contributed by atoms with Crippen molar-refractivity contribution in [1.29, 1.82) is 0 Å². The summed E-state index contributed by atoms with van der Waals surface area (Å²) in [6, 6.07) is 0. The summed E-state index contributed by atoms with van der Waals surface area (Å²) in [6.07, 6.45) is -0.861. The first-order valence-electron chi connectivity index (χ1n) is 3.23. The molecule has 5 N–H and O–H groups in total. The van der Waals surface area contributed by atoms with Gasteiger partial charge in [-0.15, -0.1) is 0 Å². The summed E-state index contributed by atoms with van der Waals surface area (Å²) in [5.41, 5.74) is 0. The smallest absolute Gasteiger partial charge is 0.242 e. The van der Waals surface area contributed by atoms with E-state index in [0.29, 0.717) is 0 Å². The normalized spacial score (nSPS) is 13.2. The highest BCUT2D eigenvalue weighted by Crippen LogP contribution is 2.20. The molecule has 0 amide bonds. The molecule has 0 aliphatic carbocycles. The number of aliphatic hydroxyl groups excluding tert-OH is 1. The number of hydrogen-bond donors (Lipinski definition) is 5. The van der Waals surface area contributed by atoms with Crippen LogP contribution in [0.4, 0.5) is 0 Å². The van der Waals surface area contributed by atoms with Gasteiger partial charge in [-0.3, -0.25) is 4.79 Å². The van der Waals surface area contributed by atoms with Gasteiger partial charge in [-0.2, -0.15) is 0 Å².